The third-order valence-electron chi connectivity index (χ3n) is 7.26. The maximum Gasteiger partial charge on any atom is 0.318 e. The molecule has 3 rings (SSSR count). The highest BCUT2D eigenvalue weighted by Gasteiger charge is 2.44. The Morgan fingerprint density at radius 1 is 1.03 bits per heavy atom. The van der Waals surface area contributed by atoms with Crippen molar-refractivity contribution in [3.63, 3.8) is 0 Å². The number of carbonyl (C=O) groups excluding carboxylic acids is 3. The van der Waals surface area contributed by atoms with Crippen LogP contribution in [0.3, 0.4) is 0 Å². The third-order valence-corrected chi connectivity index (χ3v) is 7.26. The smallest absolute Gasteiger partial charge is 0.318 e. The molecule has 2 atom stereocenters. The second-order valence-corrected chi connectivity index (χ2v) is 10.4. The van der Waals surface area contributed by atoms with Gasteiger partial charge in [0.25, 0.3) is 0 Å². The van der Waals surface area contributed by atoms with Crippen LogP contribution in [-0.2, 0) is 9.59 Å². The summed E-state index contributed by atoms with van der Waals surface area (Å²) in [7, 11) is 0. The van der Waals surface area contributed by atoms with Gasteiger partial charge in [0.2, 0.25) is 11.8 Å². The van der Waals surface area contributed by atoms with E-state index in [9.17, 15) is 14.4 Å². The van der Waals surface area contributed by atoms with Crippen LogP contribution in [0.2, 0.25) is 0 Å². The molecular formula is C24H42N4O3. The van der Waals surface area contributed by atoms with Crippen LogP contribution in [0.1, 0.15) is 90.9 Å². The average Bonchev–Trinajstić information content (AvgIpc) is 2.72. The number of nitrogens with two attached hydrogens (primary N) is 1. The van der Waals surface area contributed by atoms with E-state index in [0.29, 0.717) is 18.9 Å². The number of nitrogens with one attached hydrogen (secondary N) is 1. The van der Waals surface area contributed by atoms with E-state index >= 15 is 0 Å². The first kappa shape index (κ1) is 23.9. The minimum absolute atomic E-state index is 0.0405. The van der Waals surface area contributed by atoms with Gasteiger partial charge in [-0.3, -0.25) is 9.59 Å². The lowest BCUT2D eigenvalue weighted by molar-refractivity contribution is -0.145. The second kappa shape index (κ2) is 11.2. The summed E-state index contributed by atoms with van der Waals surface area (Å²) in [5, 5.41) is 3.18. The number of piperazine rings is 1. The van der Waals surface area contributed by atoms with Crippen LogP contribution < -0.4 is 11.1 Å². The summed E-state index contributed by atoms with van der Waals surface area (Å²) in [5.41, 5.74) is 5.58. The molecule has 31 heavy (non-hydrogen) atoms. The van der Waals surface area contributed by atoms with E-state index < -0.39 is 11.9 Å². The van der Waals surface area contributed by atoms with Gasteiger partial charge in [0.15, 0.2) is 0 Å². The molecule has 2 saturated carbocycles. The highest BCUT2D eigenvalue weighted by atomic mass is 16.2. The predicted octanol–water partition coefficient (Wildman–Crippen LogP) is 3.41. The molecule has 1 heterocycles. The summed E-state index contributed by atoms with van der Waals surface area (Å²) in [5.74, 6) is 0.409. The fourth-order valence-corrected chi connectivity index (χ4v) is 5.72. The minimum Gasteiger partial charge on any atom is -0.370 e. The number of hydrogen-bond acceptors (Lipinski definition) is 3. The van der Waals surface area contributed by atoms with Gasteiger partial charge < -0.3 is 20.9 Å². The van der Waals surface area contributed by atoms with Gasteiger partial charge >= 0.3 is 6.03 Å². The van der Waals surface area contributed by atoms with Crippen LogP contribution in [0, 0.1) is 11.8 Å². The molecule has 0 aromatic carbocycles. The van der Waals surface area contributed by atoms with Gasteiger partial charge in [-0.25, -0.2) is 4.79 Å². The van der Waals surface area contributed by atoms with Crippen molar-refractivity contribution >= 4 is 17.8 Å². The molecule has 0 radical (unpaired) electrons. The standard InChI is InChI=1S/C24H42N4O3/c1-17(2)13-21-23(30)27(15-18-9-5-3-6-10-18)16-20(14-22(25)29)28(21)24(31)26-19-11-7-4-8-12-19/h17-21H,3-16H2,1-2H3,(H2,25,29)(H,26,31)/t20?,21-/m0/s1. The number of nitrogens with zero attached hydrogens (tertiary/aromatic N) is 2. The topological polar surface area (TPSA) is 95.7 Å². The van der Waals surface area contributed by atoms with Crippen molar-refractivity contribution in [2.24, 2.45) is 17.6 Å². The summed E-state index contributed by atoms with van der Waals surface area (Å²) in [6.07, 6.45) is 12.2. The van der Waals surface area contributed by atoms with Crippen LogP contribution in [0.25, 0.3) is 0 Å². The molecule has 0 aromatic heterocycles. The second-order valence-electron chi connectivity index (χ2n) is 10.4. The Morgan fingerprint density at radius 3 is 2.23 bits per heavy atom. The molecule has 176 valence electrons. The van der Waals surface area contributed by atoms with Gasteiger partial charge in [-0.15, -0.1) is 0 Å². The first-order valence-electron chi connectivity index (χ1n) is 12.5. The monoisotopic (exact) mass is 434 g/mol. The molecule has 0 aromatic rings. The number of rotatable bonds is 7. The lowest BCUT2D eigenvalue weighted by Gasteiger charge is -2.47. The molecule has 3 N–H and O–H groups in total. The summed E-state index contributed by atoms with van der Waals surface area (Å²) >= 11 is 0. The van der Waals surface area contributed by atoms with E-state index in [1.54, 1.807) is 4.90 Å². The normalized spacial score (nSPS) is 26.4. The first-order chi connectivity index (χ1) is 14.8. The van der Waals surface area contributed by atoms with Crippen LogP contribution in [0.5, 0.6) is 0 Å². The van der Waals surface area contributed by atoms with Crippen LogP contribution in [-0.4, -0.2) is 58.9 Å². The molecule has 4 amide bonds. The lowest BCUT2D eigenvalue weighted by Crippen LogP contribution is -2.67. The van der Waals surface area contributed by atoms with Crippen LogP contribution in [0.15, 0.2) is 0 Å². The molecule has 3 aliphatic rings. The fraction of sp³-hybridized carbons (Fsp3) is 0.875. The highest BCUT2D eigenvalue weighted by Crippen LogP contribution is 2.29. The summed E-state index contributed by atoms with van der Waals surface area (Å²) in [6, 6.07) is -0.920. The van der Waals surface area contributed by atoms with Crippen molar-refractivity contribution in [3.05, 3.63) is 0 Å². The molecule has 7 nitrogen and oxygen atoms in total. The first-order valence-corrected chi connectivity index (χ1v) is 12.5. The van der Waals surface area contributed by atoms with E-state index in [1.807, 2.05) is 4.90 Å². The van der Waals surface area contributed by atoms with E-state index in [4.69, 9.17) is 5.73 Å². The number of hydrogen-bond donors (Lipinski definition) is 2. The van der Waals surface area contributed by atoms with Crippen LogP contribution in [0.4, 0.5) is 4.79 Å². The summed E-state index contributed by atoms with van der Waals surface area (Å²) in [4.78, 5) is 42.4. The third kappa shape index (κ3) is 6.59. The zero-order valence-corrected chi connectivity index (χ0v) is 19.5. The van der Waals surface area contributed by atoms with Gasteiger partial charge in [0, 0.05) is 25.6 Å². The zero-order chi connectivity index (χ0) is 22.4. The minimum atomic E-state index is -0.523. The molecule has 1 aliphatic heterocycles. The van der Waals surface area contributed by atoms with Crippen molar-refractivity contribution in [2.45, 2.75) is 109 Å². The van der Waals surface area contributed by atoms with Crippen molar-refractivity contribution in [2.75, 3.05) is 13.1 Å². The summed E-state index contributed by atoms with van der Waals surface area (Å²) < 4.78 is 0. The quantitative estimate of drug-likeness (QED) is 0.643. The SMILES string of the molecule is CC(C)C[C@H]1C(=O)N(CC2CCCCC2)CC(CC(N)=O)N1C(=O)NC1CCCCC1. The molecule has 0 spiro atoms. The highest BCUT2D eigenvalue weighted by molar-refractivity contribution is 5.89. The average molecular weight is 435 g/mol. The van der Waals surface area contributed by atoms with Gasteiger partial charge in [0.1, 0.15) is 6.04 Å². The molecule has 3 fully saturated rings. The largest absolute Gasteiger partial charge is 0.370 e. The Balaban J connectivity index is 1.79. The molecule has 1 unspecified atom stereocenters. The fourth-order valence-electron chi connectivity index (χ4n) is 5.72. The Labute approximate surface area is 187 Å². The van der Waals surface area contributed by atoms with E-state index in [2.05, 4.69) is 19.2 Å². The number of urea groups is 1. The maximum absolute atomic E-state index is 13.6. The van der Waals surface area contributed by atoms with Crippen molar-refractivity contribution in [1.82, 2.24) is 15.1 Å². The molecule has 7 heteroatoms. The van der Waals surface area contributed by atoms with Crippen molar-refractivity contribution in [3.8, 4) is 0 Å². The van der Waals surface area contributed by atoms with Gasteiger partial charge in [-0.2, -0.15) is 0 Å². The van der Waals surface area contributed by atoms with E-state index in [1.165, 1.54) is 25.7 Å². The Hall–Kier alpha value is -1.79. The molecular weight excluding hydrogens is 392 g/mol. The summed E-state index contributed by atoms with van der Waals surface area (Å²) in [6.45, 7) is 5.30. The number of primary amides is 1. The van der Waals surface area contributed by atoms with Gasteiger partial charge in [-0.05, 0) is 43.9 Å². The Bertz CT molecular complexity index is 626. The van der Waals surface area contributed by atoms with E-state index in [0.717, 1.165) is 45.1 Å². The Morgan fingerprint density at radius 2 is 1.65 bits per heavy atom. The van der Waals surface area contributed by atoms with Crippen molar-refractivity contribution < 1.29 is 14.4 Å². The number of amides is 4. The van der Waals surface area contributed by atoms with Crippen molar-refractivity contribution in [1.29, 1.82) is 0 Å². The number of carbonyl (C=O) groups is 3. The van der Waals surface area contributed by atoms with Gasteiger partial charge in [-0.1, -0.05) is 52.4 Å². The van der Waals surface area contributed by atoms with Gasteiger partial charge in [0.05, 0.1) is 6.04 Å². The lowest BCUT2D eigenvalue weighted by atomic mass is 9.87. The van der Waals surface area contributed by atoms with E-state index in [-0.39, 0.29) is 36.4 Å². The predicted molar refractivity (Wildman–Crippen MR) is 121 cm³/mol. The zero-order valence-electron chi connectivity index (χ0n) is 19.5. The molecule has 0 bridgehead atoms. The van der Waals surface area contributed by atoms with Crippen LogP contribution >= 0.6 is 0 Å². The maximum atomic E-state index is 13.6. The Kier molecular flexibility index (Phi) is 8.61. The molecule has 2 aliphatic carbocycles. The molecule has 1 saturated heterocycles.